The predicted octanol–water partition coefficient (Wildman–Crippen LogP) is 6.64. The third-order valence-corrected chi connectivity index (χ3v) is 6.86. The molecule has 0 spiro atoms. The fourth-order valence-corrected chi connectivity index (χ4v) is 4.51. The monoisotopic (exact) mass is 583 g/mol. The van der Waals surface area contributed by atoms with E-state index in [1.807, 2.05) is 60.0 Å². The van der Waals surface area contributed by atoms with E-state index in [2.05, 4.69) is 41.9 Å². The fraction of sp³-hybridized carbons (Fsp3) is 0.567. The number of nitrogens with zero attached hydrogens (tertiary/aromatic N) is 2. The van der Waals surface area contributed by atoms with Gasteiger partial charge < -0.3 is 15.7 Å². The lowest BCUT2D eigenvalue weighted by Gasteiger charge is -2.41. The number of carbonyl (C=O) groups is 1. The minimum Gasteiger partial charge on any atom is -0.483 e. The number of aromatic nitrogens is 2. The van der Waals surface area contributed by atoms with Crippen LogP contribution in [-0.4, -0.2) is 40.5 Å². The number of dihydropyridines is 1. The van der Waals surface area contributed by atoms with E-state index >= 15 is 0 Å². The zero-order valence-electron chi connectivity index (χ0n) is 25.7. The van der Waals surface area contributed by atoms with E-state index in [1.165, 1.54) is 24.8 Å². The van der Waals surface area contributed by atoms with Crippen LogP contribution >= 0.6 is 0 Å². The number of rotatable bonds is 7. The highest BCUT2D eigenvalue weighted by atomic mass is 19.4. The van der Waals surface area contributed by atoms with Crippen molar-refractivity contribution in [3.63, 3.8) is 0 Å². The van der Waals surface area contributed by atoms with Crippen molar-refractivity contribution in [2.75, 3.05) is 11.9 Å². The molecule has 1 aromatic heterocycles. The Labute approximate surface area is 242 Å². The highest BCUT2D eigenvalue weighted by Gasteiger charge is 2.35. The zero-order valence-corrected chi connectivity index (χ0v) is 25.7. The van der Waals surface area contributed by atoms with Gasteiger partial charge in [-0.1, -0.05) is 53.2 Å². The lowest BCUT2D eigenvalue weighted by atomic mass is 9.67. The summed E-state index contributed by atoms with van der Waals surface area (Å²) < 4.78 is 30.7. The third kappa shape index (κ3) is 11.6. The average molecular weight is 584 g/mol. The molecule has 1 unspecified atom stereocenters. The summed E-state index contributed by atoms with van der Waals surface area (Å²) in [6.45, 7) is 12.0. The van der Waals surface area contributed by atoms with E-state index < -0.39 is 6.68 Å². The number of carboxylic acid groups (broad SMARTS) is 1. The van der Waals surface area contributed by atoms with Crippen molar-refractivity contribution in [1.82, 2.24) is 20.2 Å². The van der Waals surface area contributed by atoms with Crippen LogP contribution in [0.5, 0.6) is 0 Å². The largest absolute Gasteiger partial charge is 0.483 e. The van der Waals surface area contributed by atoms with Gasteiger partial charge in [0.25, 0.3) is 12.0 Å². The molecule has 2 aromatic rings. The minimum absolute atomic E-state index is 0.00130. The fourth-order valence-electron chi connectivity index (χ4n) is 4.51. The molecule has 1 fully saturated rings. The normalized spacial score (nSPS) is 16.0. The molecule has 8 nitrogen and oxygen atoms in total. The number of hydrogen-bond acceptors (Lipinski definition) is 6. The van der Waals surface area contributed by atoms with Gasteiger partial charge in [0, 0.05) is 20.1 Å². The number of hydrogen-bond donors (Lipinski definition) is 4. The van der Waals surface area contributed by atoms with Gasteiger partial charge in [0.05, 0.1) is 17.1 Å². The molecule has 41 heavy (non-hydrogen) atoms. The number of fused-ring (bicyclic) bond motifs is 1. The molecule has 1 aliphatic carbocycles. The van der Waals surface area contributed by atoms with Gasteiger partial charge in [-0.05, 0) is 73.6 Å². The molecule has 232 valence electrons. The first-order chi connectivity index (χ1) is 19.6. The molecule has 1 aromatic carbocycles. The van der Waals surface area contributed by atoms with E-state index in [1.54, 1.807) is 4.57 Å². The smallest absolute Gasteiger partial charge is 0.379 e. The minimum atomic E-state index is -3.67. The topological polar surface area (TPSA) is 108 Å². The summed E-state index contributed by atoms with van der Waals surface area (Å²) in [7, 11) is 1.81. The van der Waals surface area contributed by atoms with Crippen LogP contribution in [-0.2, 0) is 18.4 Å². The summed E-state index contributed by atoms with van der Waals surface area (Å²) in [4.78, 5) is 26.4. The van der Waals surface area contributed by atoms with E-state index in [0.29, 0.717) is 23.3 Å². The Morgan fingerprint density at radius 1 is 1.20 bits per heavy atom. The van der Waals surface area contributed by atoms with Crippen LogP contribution < -0.4 is 21.5 Å². The van der Waals surface area contributed by atoms with Crippen LogP contribution in [0.15, 0.2) is 40.9 Å². The molecule has 2 aliphatic rings. The Balaban J connectivity index is 0.00000127. The number of halogens is 3. The Morgan fingerprint density at radius 2 is 1.78 bits per heavy atom. The molecule has 1 aliphatic heterocycles. The summed E-state index contributed by atoms with van der Waals surface area (Å²) in [6.07, 6.45) is 11.1. The van der Waals surface area contributed by atoms with Gasteiger partial charge in [-0.2, -0.15) is 13.2 Å². The standard InChI is InChI=1S/C24H33N5O.2C2H6.CHF3.CH2O2/c1-5-24(9-7-10-24)15-27-23-28-20-18(14-26-21-17(3)8-6-11-25-21)12-16(2)13-19(20)22(30)29(23)4;2*1-2;2-1(3)4;2-1-3/h6,8,11-13,21,25-26H,5,7,9-10,14-15H2,1-4H3,(H,27,28);2*1-2H3;1H;1H,(H,2,3). The number of nitrogens with one attached hydrogen (secondary N) is 3. The van der Waals surface area contributed by atoms with E-state index in [9.17, 15) is 18.0 Å². The van der Waals surface area contributed by atoms with Crippen LogP contribution in [0.4, 0.5) is 19.1 Å². The van der Waals surface area contributed by atoms with E-state index in [4.69, 9.17) is 14.9 Å². The number of anilines is 1. The van der Waals surface area contributed by atoms with Crippen molar-refractivity contribution in [1.29, 1.82) is 0 Å². The van der Waals surface area contributed by atoms with Crippen LogP contribution in [0, 0.1) is 12.3 Å². The van der Waals surface area contributed by atoms with Gasteiger partial charge in [0.15, 0.2) is 0 Å². The zero-order chi connectivity index (χ0) is 31.6. The van der Waals surface area contributed by atoms with Crippen molar-refractivity contribution >= 4 is 23.3 Å². The highest BCUT2D eigenvalue weighted by molar-refractivity contribution is 5.83. The molecule has 0 saturated heterocycles. The molecule has 0 amide bonds. The first-order valence-corrected chi connectivity index (χ1v) is 14.1. The Kier molecular flexibility index (Phi) is 18.1. The second kappa shape index (κ2) is 19.7. The summed E-state index contributed by atoms with van der Waals surface area (Å²) in [5.74, 6) is 0.659. The molecule has 11 heteroatoms. The van der Waals surface area contributed by atoms with Crippen molar-refractivity contribution in [3.8, 4) is 0 Å². The third-order valence-electron chi connectivity index (χ3n) is 6.86. The lowest BCUT2D eigenvalue weighted by Crippen LogP contribution is -2.41. The predicted molar refractivity (Wildman–Crippen MR) is 162 cm³/mol. The second-order valence-electron chi connectivity index (χ2n) is 9.28. The molecule has 1 atom stereocenters. The number of benzene rings is 1. The molecular weight excluding hydrogens is 535 g/mol. The molecular formula is C30H48F3N5O3. The molecule has 4 N–H and O–H groups in total. The maximum atomic E-state index is 13.1. The lowest BCUT2D eigenvalue weighted by molar-refractivity contribution is -0.122. The van der Waals surface area contributed by atoms with Crippen molar-refractivity contribution in [2.45, 2.75) is 93.5 Å². The SMILES string of the molecule is CC.CC.CCC1(CNc2nc3c(CNC4NC=CC=C4C)cc(C)cc3c(=O)n2C)CCC1.FC(F)F.O=CO. The maximum Gasteiger partial charge on any atom is 0.379 e. The van der Waals surface area contributed by atoms with Crippen LogP contribution in [0.3, 0.4) is 0 Å². The second-order valence-corrected chi connectivity index (χ2v) is 9.28. The number of aryl methyl sites for hydroxylation is 1. The average Bonchev–Trinajstić information content (AvgIpc) is 2.93. The summed E-state index contributed by atoms with van der Waals surface area (Å²) >= 11 is 0. The summed E-state index contributed by atoms with van der Waals surface area (Å²) in [5.41, 5.74) is 4.48. The molecule has 0 radical (unpaired) electrons. The summed E-state index contributed by atoms with van der Waals surface area (Å²) in [6, 6.07) is 4.08. The molecule has 2 heterocycles. The summed E-state index contributed by atoms with van der Waals surface area (Å²) in [5, 5.41) is 17.9. The molecule has 0 bridgehead atoms. The van der Waals surface area contributed by atoms with E-state index in [0.717, 1.165) is 29.6 Å². The Hall–Kier alpha value is -3.34. The van der Waals surface area contributed by atoms with Gasteiger partial charge in [-0.25, -0.2) is 4.98 Å². The van der Waals surface area contributed by atoms with Crippen molar-refractivity contribution < 1.29 is 23.1 Å². The highest BCUT2D eigenvalue weighted by Crippen LogP contribution is 2.43. The number of allylic oxidation sites excluding steroid dienone is 2. The van der Waals surface area contributed by atoms with Gasteiger partial charge in [0.2, 0.25) is 5.95 Å². The first-order valence-electron chi connectivity index (χ1n) is 14.1. The van der Waals surface area contributed by atoms with Gasteiger partial charge in [-0.3, -0.25) is 19.5 Å². The van der Waals surface area contributed by atoms with Crippen LogP contribution in [0.2, 0.25) is 0 Å². The Bertz CT molecular complexity index is 1170. The molecule has 1 saturated carbocycles. The maximum absolute atomic E-state index is 13.1. The van der Waals surface area contributed by atoms with Crippen molar-refractivity contribution in [2.24, 2.45) is 12.5 Å². The van der Waals surface area contributed by atoms with E-state index in [-0.39, 0.29) is 18.2 Å². The van der Waals surface area contributed by atoms with Crippen LogP contribution in [0.1, 0.15) is 78.4 Å². The molecule has 4 rings (SSSR count). The van der Waals surface area contributed by atoms with Gasteiger partial charge in [-0.15, -0.1) is 0 Å². The Morgan fingerprint density at radius 3 is 2.27 bits per heavy atom. The van der Waals surface area contributed by atoms with Crippen LogP contribution in [0.25, 0.3) is 10.9 Å². The van der Waals surface area contributed by atoms with Gasteiger partial charge in [0.1, 0.15) is 0 Å². The van der Waals surface area contributed by atoms with Gasteiger partial charge >= 0.3 is 6.68 Å². The van der Waals surface area contributed by atoms with Crippen molar-refractivity contribution in [3.05, 3.63) is 57.5 Å². The number of alkyl halides is 3. The quantitative estimate of drug-likeness (QED) is 0.271. The first kappa shape index (κ1) is 37.7.